The van der Waals surface area contributed by atoms with Crippen molar-refractivity contribution in [2.24, 2.45) is 11.7 Å². The van der Waals surface area contributed by atoms with Crippen LogP contribution in [0.2, 0.25) is 0 Å². The van der Waals surface area contributed by atoms with E-state index in [1.165, 1.54) is 0 Å². The molecule has 5 heteroatoms. The standard InChI is InChI=1S/C12H16BrN3O/c1-7-5-9(11(14)17)16(6-7)12-8(2)3-4-10(13)15-12/h3-4,7,9H,5-6H2,1-2H3,(H2,14,17). The normalized spacial score (nSPS) is 24.1. The molecule has 2 N–H and O–H groups in total. The van der Waals surface area contributed by atoms with Gasteiger partial charge < -0.3 is 10.6 Å². The van der Waals surface area contributed by atoms with Crippen LogP contribution in [0.3, 0.4) is 0 Å². The predicted molar refractivity (Wildman–Crippen MR) is 70.8 cm³/mol. The number of carbonyl (C=O) groups is 1. The Morgan fingerprint density at radius 3 is 2.94 bits per heavy atom. The van der Waals surface area contributed by atoms with Crippen molar-refractivity contribution in [2.75, 3.05) is 11.4 Å². The number of hydrogen-bond acceptors (Lipinski definition) is 3. The lowest BCUT2D eigenvalue weighted by Crippen LogP contribution is -2.41. The molecule has 0 aromatic carbocycles. The van der Waals surface area contributed by atoms with Gasteiger partial charge in [0.25, 0.3) is 0 Å². The molecular weight excluding hydrogens is 282 g/mol. The van der Waals surface area contributed by atoms with E-state index in [1.54, 1.807) is 0 Å². The summed E-state index contributed by atoms with van der Waals surface area (Å²) in [7, 11) is 0. The van der Waals surface area contributed by atoms with E-state index in [4.69, 9.17) is 5.73 Å². The second-order valence-corrected chi connectivity index (χ2v) is 5.50. The Morgan fingerprint density at radius 1 is 1.59 bits per heavy atom. The van der Waals surface area contributed by atoms with Crippen molar-refractivity contribution in [2.45, 2.75) is 26.3 Å². The lowest BCUT2D eigenvalue weighted by molar-refractivity contribution is -0.119. The van der Waals surface area contributed by atoms with Gasteiger partial charge in [-0.3, -0.25) is 4.79 Å². The Balaban J connectivity index is 2.37. The molecule has 0 aliphatic carbocycles. The first-order valence-corrected chi connectivity index (χ1v) is 6.47. The average Bonchev–Trinajstić information content (AvgIpc) is 2.64. The lowest BCUT2D eigenvalue weighted by atomic mass is 10.1. The first-order valence-electron chi connectivity index (χ1n) is 5.68. The summed E-state index contributed by atoms with van der Waals surface area (Å²) in [5, 5.41) is 0. The zero-order chi connectivity index (χ0) is 12.6. The molecule has 1 aromatic heterocycles. The number of rotatable bonds is 2. The predicted octanol–water partition coefficient (Wildman–Crippen LogP) is 1.85. The molecule has 0 saturated carbocycles. The average molecular weight is 298 g/mol. The molecule has 1 aliphatic rings. The van der Waals surface area contributed by atoms with Gasteiger partial charge in [-0.15, -0.1) is 0 Å². The minimum absolute atomic E-state index is 0.231. The maximum atomic E-state index is 11.5. The van der Waals surface area contributed by atoms with E-state index in [0.29, 0.717) is 5.92 Å². The molecule has 2 heterocycles. The molecule has 1 aliphatic heterocycles. The largest absolute Gasteiger partial charge is 0.368 e. The summed E-state index contributed by atoms with van der Waals surface area (Å²) in [6.07, 6.45) is 0.808. The van der Waals surface area contributed by atoms with Crippen LogP contribution in [0.25, 0.3) is 0 Å². The van der Waals surface area contributed by atoms with Crippen LogP contribution < -0.4 is 10.6 Å². The Hall–Kier alpha value is -1.10. The van der Waals surface area contributed by atoms with E-state index in [9.17, 15) is 4.79 Å². The van der Waals surface area contributed by atoms with Gasteiger partial charge >= 0.3 is 0 Å². The van der Waals surface area contributed by atoms with Crippen molar-refractivity contribution in [3.63, 3.8) is 0 Å². The fraction of sp³-hybridized carbons (Fsp3) is 0.500. The summed E-state index contributed by atoms with van der Waals surface area (Å²) >= 11 is 3.36. The fourth-order valence-corrected chi connectivity index (χ4v) is 2.64. The van der Waals surface area contributed by atoms with Crippen LogP contribution in [0, 0.1) is 12.8 Å². The highest BCUT2D eigenvalue weighted by Crippen LogP contribution is 2.30. The van der Waals surface area contributed by atoms with Gasteiger partial charge in [-0.25, -0.2) is 4.98 Å². The van der Waals surface area contributed by atoms with Crippen LogP contribution in [-0.4, -0.2) is 23.5 Å². The van der Waals surface area contributed by atoms with Crippen LogP contribution in [0.15, 0.2) is 16.7 Å². The number of carbonyl (C=O) groups excluding carboxylic acids is 1. The first kappa shape index (κ1) is 12.4. The van der Waals surface area contributed by atoms with Gasteiger partial charge in [0.05, 0.1) is 0 Å². The van der Waals surface area contributed by atoms with Crippen LogP contribution in [0.1, 0.15) is 18.9 Å². The molecule has 1 aromatic rings. The number of amides is 1. The van der Waals surface area contributed by atoms with Gasteiger partial charge in [0.2, 0.25) is 5.91 Å². The highest BCUT2D eigenvalue weighted by Gasteiger charge is 2.34. The molecule has 92 valence electrons. The highest BCUT2D eigenvalue weighted by atomic mass is 79.9. The molecule has 2 atom stereocenters. The third kappa shape index (κ3) is 2.44. The van der Waals surface area contributed by atoms with E-state index in [1.807, 2.05) is 24.0 Å². The molecule has 2 unspecified atom stereocenters. The Morgan fingerprint density at radius 2 is 2.29 bits per heavy atom. The summed E-state index contributed by atoms with van der Waals surface area (Å²) in [6.45, 7) is 4.96. The summed E-state index contributed by atoms with van der Waals surface area (Å²) in [5.74, 6) is 1.05. The molecule has 17 heavy (non-hydrogen) atoms. The van der Waals surface area contributed by atoms with E-state index in [2.05, 4.69) is 27.8 Å². The molecule has 4 nitrogen and oxygen atoms in total. The number of anilines is 1. The zero-order valence-electron chi connectivity index (χ0n) is 9.98. The molecule has 1 amide bonds. The van der Waals surface area contributed by atoms with Gasteiger partial charge in [0, 0.05) is 6.54 Å². The molecule has 0 spiro atoms. The van der Waals surface area contributed by atoms with Gasteiger partial charge in [-0.1, -0.05) is 13.0 Å². The van der Waals surface area contributed by atoms with Crippen LogP contribution in [-0.2, 0) is 4.79 Å². The maximum Gasteiger partial charge on any atom is 0.240 e. The maximum absolute atomic E-state index is 11.5. The third-order valence-electron chi connectivity index (χ3n) is 3.15. The quantitative estimate of drug-likeness (QED) is 0.848. The Bertz CT molecular complexity index is 449. The third-order valence-corrected chi connectivity index (χ3v) is 3.59. The van der Waals surface area contributed by atoms with E-state index >= 15 is 0 Å². The van der Waals surface area contributed by atoms with Gasteiger partial charge in [-0.05, 0) is 46.8 Å². The van der Waals surface area contributed by atoms with E-state index in [-0.39, 0.29) is 11.9 Å². The minimum Gasteiger partial charge on any atom is -0.368 e. The molecule has 1 fully saturated rings. The van der Waals surface area contributed by atoms with Crippen molar-refractivity contribution >= 4 is 27.7 Å². The van der Waals surface area contributed by atoms with Gasteiger partial charge in [0.15, 0.2) is 0 Å². The summed E-state index contributed by atoms with van der Waals surface area (Å²) in [5.41, 5.74) is 6.52. The first-order chi connectivity index (χ1) is 7.99. The van der Waals surface area contributed by atoms with Crippen LogP contribution >= 0.6 is 15.9 Å². The van der Waals surface area contributed by atoms with Crippen molar-refractivity contribution in [3.05, 3.63) is 22.3 Å². The molecule has 2 rings (SSSR count). The number of pyridine rings is 1. The summed E-state index contributed by atoms with van der Waals surface area (Å²) in [4.78, 5) is 17.9. The van der Waals surface area contributed by atoms with E-state index < -0.39 is 0 Å². The molecule has 1 saturated heterocycles. The van der Waals surface area contributed by atoms with Crippen molar-refractivity contribution in [1.29, 1.82) is 0 Å². The minimum atomic E-state index is -0.268. The number of aromatic nitrogens is 1. The number of primary amides is 1. The second kappa shape index (κ2) is 4.64. The molecule has 0 radical (unpaired) electrons. The van der Waals surface area contributed by atoms with Crippen molar-refractivity contribution < 1.29 is 4.79 Å². The van der Waals surface area contributed by atoms with E-state index in [0.717, 1.165) is 29.0 Å². The van der Waals surface area contributed by atoms with Gasteiger partial charge in [0.1, 0.15) is 16.5 Å². The number of aryl methyl sites for hydroxylation is 1. The summed E-state index contributed by atoms with van der Waals surface area (Å²) < 4.78 is 0.779. The smallest absolute Gasteiger partial charge is 0.240 e. The van der Waals surface area contributed by atoms with Crippen LogP contribution in [0.4, 0.5) is 5.82 Å². The number of nitrogens with zero attached hydrogens (tertiary/aromatic N) is 2. The highest BCUT2D eigenvalue weighted by molar-refractivity contribution is 9.10. The topological polar surface area (TPSA) is 59.2 Å². The van der Waals surface area contributed by atoms with Crippen molar-refractivity contribution in [1.82, 2.24) is 4.98 Å². The monoisotopic (exact) mass is 297 g/mol. The van der Waals surface area contributed by atoms with Crippen molar-refractivity contribution in [3.8, 4) is 0 Å². The number of hydrogen-bond donors (Lipinski definition) is 1. The lowest BCUT2D eigenvalue weighted by Gasteiger charge is -2.25. The summed E-state index contributed by atoms with van der Waals surface area (Å²) in [6, 6.07) is 3.66. The Kier molecular flexibility index (Phi) is 3.38. The molecule has 0 bridgehead atoms. The SMILES string of the molecule is Cc1ccc(Br)nc1N1CC(C)CC1C(N)=O. The second-order valence-electron chi connectivity index (χ2n) is 4.69. The number of halogens is 1. The fourth-order valence-electron chi connectivity index (χ4n) is 2.34. The molecular formula is C12H16BrN3O. The Labute approximate surface area is 109 Å². The zero-order valence-corrected chi connectivity index (χ0v) is 11.6. The number of nitrogens with two attached hydrogens (primary N) is 1. The van der Waals surface area contributed by atoms with Crippen LogP contribution in [0.5, 0.6) is 0 Å². The van der Waals surface area contributed by atoms with Gasteiger partial charge in [-0.2, -0.15) is 0 Å².